The molecule has 0 bridgehead atoms. The van der Waals surface area contributed by atoms with Crippen molar-refractivity contribution >= 4 is 17.0 Å². The predicted molar refractivity (Wildman–Crippen MR) is 88.8 cm³/mol. The second-order valence-corrected chi connectivity index (χ2v) is 5.29. The average molecular weight is 297 g/mol. The highest BCUT2D eigenvalue weighted by molar-refractivity contribution is 5.79. The lowest BCUT2D eigenvalue weighted by molar-refractivity contribution is 0.626. The average Bonchev–Trinajstić information content (AvgIpc) is 2.90. The van der Waals surface area contributed by atoms with Crippen molar-refractivity contribution < 1.29 is 4.39 Å². The summed E-state index contributed by atoms with van der Waals surface area (Å²) in [5, 5.41) is 0. The van der Waals surface area contributed by atoms with Gasteiger partial charge in [0.25, 0.3) is 0 Å². The second-order valence-electron chi connectivity index (χ2n) is 5.29. The number of benzene rings is 2. The van der Waals surface area contributed by atoms with E-state index in [4.69, 9.17) is 4.98 Å². The third kappa shape index (κ3) is 2.69. The zero-order valence-corrected chi connectivity index (χ0v) is 13.0. The third-order valence-corrected chi connectivity index (χ3v) is 3.93. The van der Waals surface area contributed by atoms with E-state index in [9.17, 15) is 4.39 Å². The van der Waals surface area contributed by atoms with Crippen LogP contribution in [0.15, 0.2) is 48.5 Å². The minimum Gasteiger partial charge on any atom is -0.343 e. The molecule has 0 spiro atoms. The van der Waals surface area contributed by atoms with Gasteiger partial charge in [-0.1, -0.05) is 24.3 Å². The summed E-state index contributed by atoms with van der Waals surface area (Å²) in [5.41, 5.74) is 3.16. The molecule has 2 aromatic carbocycles. The molecule has 0 amide bonds. The maximum atomic E-state index is 13.1. The van der Waals surface area contributed by atoms with E-state index < -0.39 is 0 Å². The Morgan fingerprint density at radius 3 is 2.36 bits per heavy atom. The largest absolute Gasteiger partial charge is 0.343 e. The molecule has 1 heterocycles. The predicted octanol–water partition coefficient (Wildman–Crippen LogP) is 4.07. The van der Waals surface area contributed by atoms with Crippen molar-refractivity contribution in [2.75, 3.05) is 18.0 Å². The lowest BCUT2D eigenvalue weighted by Gasteiger charge is -2.21. The van der Waals surface area contributed by atoms with Gasteiger partial charge in [0.1, 0.15) is 5.82 Å². The van der Waals surface area contributed by atoms with Crippen LogP contribution < -0.4 is 4.90 Å². The van der Waals surface area contributed by atoms with Crippen LogP contribution in [0.1, 0.15) is 19.4 Å². The molecule has 3 nitrogen and oxygen atoms in total. The normalized spacial score (nSPS) is 11.0. The Labute approximate surface area is 130 Å². The Kier molecular flexibility index (Phi) is 4.09. The summed E-state index contributed by atoms with van der Waals surface area (Å²) < 4.78 is 15.3. The van der Waals surface area contributed by atoms with Crippen molar-refractivity contribution in [3.05, 3.63) is 59.9 Å². The van der Waals surface area contributed by atoms with Gasteiger partial charge >= 0.3 is 0 Å². The van der Waals surface area contributed by atoms with E-state index in [1.165, 1.54) is 12.1 Å². The highest BCUT2D eigenvalue weighted by atomic mass is 19.1. The van der Waals surface area contributed by atoms with Crippen molar-refractivity contribution in [1.29, 1.82) is 0 Å². The third-order valence-electron chi connectivity index (χ3n) is 3.93. The SMILES string of the molecule is CCN(CC)c1nc2ccccc2n1Cc1ccc(F)cc1. The monoisotopic (exact) mass is 297 g/mol. The maximum absolute atomic E-state index is 13.1. The number of halogens is 1. The molecular weight excluding hydrogens is 277 g/mol. The Bertz CT molecular complexity index is 758. The lowest BCUT2D eigenvalue weighted by atomic mass is 10.2. The minimum atomic E-state index is -0.205. The van der Waals surface area contributed by atoms with Crippen LogP contribution in [0.3, 0.4) is 0 Å². The number of para-hydroxylation sites is 2. The van der Waals surface area contributed by atoms with Gasteiger partial charge in [-0.3, -0.25) is 0 Å². The van der Waals surface area contributed by atoms with Crippen LogP contribution in [-0.4, -0.2) is 22.6 Å². The number of imidazole rings is 1. The Balaban J connectivity index is 2.08. The van der Waals surface area contributed by atoms with Gasteiger partial charge in [-0.05, 0) is 43.7 Å². The van der Waals surface area contributed by atoms with Crippen LogP contribution in [0.4, 0.5) is 10.3 Å². The summed E-state index contributed by atoms with van der Waals surface area (Å²) in [6.45, 7) is 6.76. The van der Waals surface area contributed by atoms with Gasteiger partial charge in [-0.15, -0.1) is 0 Å². The molecule has 0 saturated carbocycles. The first kappa shape index (κ1) is 14.6. The molecule has 0 aliphatic carbocycles. The molecule has 22 heavy (non-hydrogen) atoms. The number of hydrogen-bond acceptors (Lipinski definition) is 2. The summed E-state index contributed by atoms with van der Waals surface area (Å²) in [6, 6.07) is 14.8. The van der Waals surface area contributed by atoms with Gasteiger partial charge in [0, 0.05) is 13.1 Å². The molecule has 3 rings (SSSR count). The highest BCUT2D eigenvalue weighted by Crippen LogP contribution is 2.24. The molecule has 4 heteroatoms. The van der Waals surface area contributed by atoms with E-state index in [0.717, 1.165) is 35.6 Å². The van der Waals surface area contributed by atoms with Crippen LogP contribution >= 0.6 is 0 Å². The van der Waals surface area contributed by atoms with E-state index in [1.807, 2.05) is 30.3 Å². The summed E-state index contributed by atoms with van der Waals surface area (Å²) in [7, 11) is 0. The number of anilines is 1. The Morgan fingerprint density at radius 1 is 1.00 bits per heavy atom. The highest BCUT2D eigenvalue weighted by Gasteiger charge is 2.15. The molecule has 1 aromatic heterocycles. The Hall–Kier alpha value is -2.36. The quantitative estimate of drug-likeness (QED) is 0.708. The van der Waals surface area contributed by atoms with Crippen LogP contribution in [0.5, 0.6) is 0 Å². The fourth-order valence-corrected chi connectivity index (χ4v) is 2.74. The second kappa shape index (κ2) is 6.18. The summed E-state index contributed by atoms with van der Waals surface area (Å²) in [5.74, 6) is 0.763. The first-order valence-corrected chi connectivity index (χ1v) is 7.67. The van der Waals surface area contributed by atoms with Crippen LogP contribution in [0.25, 0.3) is 11.0 Å². The molecule has 0 atom stereocenters. The van der Waals surface area contributed by atoms with E-state index in [1.54, 1.807) is 0 Å². The standard InChI is InChI=1S/C18H20FN3/c1-3-21(4-2)18-20-16-7-5-6-8-17(16)22(18)13-14-9-11-15(19)12-10-14/h5-12H,3-4,13H2,1-2H3. The van der Waals surface area contributed by atoms with E-state index in [2.05, 4.69) is 29.4 Å². The molecule has 0 aliphatic heterocycles. The lowest BCUT2D eigenvalue weighted by Crippen LogP contribution is -2.25. The van der Waals surface area contributed by atoms with Crippen molar-refractivity contribution in [3.63, 3.8) is 0 Å². The van der Waals surface area contributed by atoms with Crippen molar-refractivity contribution in [2.24, 2.45) is 0 Å². The van der Waals surface area contributed by atoms with E-state index in [-0.39, 0.29) is 5.82 Å². The van der Waals surface area contributed by atoms with E-state index in [0.29, 0.717) is 6.54 Å². The first-order valence-electron chi connectivity index (χ1n) is 7.67. The molecule has 0 aliphatic rings. The topological polar surface area (TPSA) is 21.1 Å². The number of aromatic nitrogens is 2. The number of hydrogen-bond donors (Lipinski definition) is 0. The first-order chi connectivity index (χ1) is 10.7. The van der Waals surface area contributed by atoms with Gasteiger partial charge in [0.15, 0.2) is 0 Å². The summed E-state index contributed by atoms with van der Waals surface area (Å²) >= 11 is 0. The van der Waals surface area contributed by atoms with E-state index >= 15 is 0 Å². The van der Waals surface area contributed by atoms with Gasteiger partial charge in [0.05, 0.1) is 17.6 Å². The summed E-state index contributed by atoms with van der Waals surface area (Å²) in [4.78, 5) is 7.02. The maximum Gasteiger partial charge on any atom is 0.206 e. The van der Waals surface area contributed by atoms with Crippen molar-refractivity contribution in [2.45, 2.75) is 20.4 Å². The van der Waals surface area contributed by atoms with Gasteiger partial charge in [-0.25, -0.2) is 9.37 Å². The smallest absolute Gasteiger partial charge is 0.206 e. The number of fused-ring (bicyclic) bond motifs is 1. The zero-order valence-electron chi connectivity index (χ0n) is 13.0. The number of nitrogens with zero attached hydrogens (tertiary/aromatic N) is 3. The molecule has 0 N–H and O–H groups in total. The van der Waals surface area contributed by atoms with Crippen molar-refractivity contribution in [1.82, 2.24) is 9.55 Å². The minimum absolute atomic E-state index is 0.205. The molecular formula is C18H20FN3. The Morgan fingerprint density at radius 2 is 1.68 bits per heavy atom. The molecule has 114 valence electrons. The molecule has 0 unspecified atom stereocenters. The van der Waals surface area contributed by atoms with Gasteiger partial charge < -0.3 is 9.47 Å². The zero-order chi connectivity index (χ0) is 15.5. The fourth-order valence-electron chi connectivity index (χ4n) is 2.74. The summed E-state index contributed by atoms with van der Waals surface area (Å²) in [6.07, 6.45) is 0. The molecule has 3 aromatic rings. The van der Waals surface area contributed by atoms with Crippen LogP contribution in [0, 0.1) is 5.82 Å². The van der Waals surface area contributed by atoms with Crippen LogP contribution in [-0.2, 0) is 6.54 Å². The number of rotatable bonds is 5. The van der Waals surface area contributed by atoms with Gasteiger partial charge in [0.2, 0.25) is 5.95 Å². The molecule has 0 radical (unpaired) electrons. The molecule has 0 fully saturated rings. The van der Waals surface area contributed by atoms with Crippen LogP contribution in [0.2, 0.25) is 0 Å². The molecule has 0 saturated heterocycles. The van der Waals surface area contributed by atoms with Gasteiger partial charge in [-0.2, -0.15) is 0 Å². The van der Waals surface area contributed by atoms with Crippen molar-refractivity contribution in [3.8, 4) is 0 Å². The fraction of sp³-hybridized carbons (Fsp3) is 0.278.